The Morgan fingerprint density at radius 2 is 1.89 bits per heavy atom. The lowest BCUT2D eigenvalue weighted by Gasteiger charge is -2.18. The minimum absolute atomic E-state index is 0.263. The van der Waals surface area contributed by atoms with Crippen LogP contribution in [0.25, 0.3) is 0 Å². The summed E-state index contributed by atoms with van der Waals surface area (Å²) < 4.78 is 25.8. The number of rotatable bonds is 6. The monoisotopic (exact) mass is 288 g/mol. The Hall–Kier alpha value is -0.590. The molecule has 18 heavy (non-hydrogen) atoms. The molecule has 0 saturated carbocycles. The number of thioether (sulfide) groups is 1. The first-order valence-electron chi connectivity index (χ1n) is 6.04. The zero-order chi connectivity index (χ0) is 13.8. The third kappa shape index (κ3) is 3.70. The fourth-order valence-electron chi connectivity index (χ4n) is 1.54. The Kier molecular flexibility index (Phi) is 5.62. The van der Waals surface area contributed by atoms with Crippen molar-refractivity contribution in [3.63, 3.8) is 0 Å². The fraction of sp³-hybridized carbons (Fsp3) is 0.583. The van der Waals surface area contributed by atoms with Gasteiger partial charge < -0.3 is 0 Å². The van der Waals surface area contributed by atoms with Gasteiger partial charge in [-0.25, -0.2) is 13.4 Å². The number of nitrogens with zero attached hydrogens (tertiary/aromatic N) is 2. The van der Waals surface area contributed by atoms with E-state index in [9.17, 15) is 8.42 Å². The molecule has 0 fully saturated rings. The van der Waals surface area contributed by atoms with Gasteiger partial charge in [0, 0.05) is 24.5 Å². The third-order valence-electron chi connectivity index (χ3n) is 2.41. The third-order valence-corrected chi connectivity index (χ3v) is 5.40. The van der Waals surface area contributed by atoms with Crippen molar-refractivity contribution in [1.29, 1.82) is 0 Å². The highest BCUT2D eigenvalue weighted by atomic mass is 32.2. The second-order valence-electron chi connectivity index (χ2n) is 4.09. The van der Waals surface area contributed by atoms with Crippen LogP contribution < -0.4 is 0 Å². The summed E-state index contributed by atoms with van der Waals surface area (Å²) in [6.45, 7) is 8.76. The van der Waals surface area contributed by atoms with Crippen LogP contribution in [0.15, 0.2) is 28.3 Å². The Morgan fingerprint density at radius 1 is 1.28 bits per heavy atom. The quantitative estimate of drug-likeness (QED) is 0.755. The number of hydrogen-bond donors (Lipinski definition) is 0. The van der Waals surface area contributed by atoms with Gasteiger partial charge in [0.25, 0.3) is 0 Å². The van der Waals surface area contributed by atoms with Gasteiger partial charge in [-0.2, -0.15) is 4.31 Å². The molecule has 4 nitrogen and oxygen atoms in total. The summed E-state index contributed by atoms with van der Waals surface area (Å²) in [6, 6.07) is 3.40. The molecule has 1 aromatic rings. The lowest BCUT2D eigenvalue weighted by Crippen LogP contribution is -2.30. The number of pyridine rings is 1. The maximum Gasteiger partial charge on any atom is 0.244 e. The van der Waals surface area contributed by atoms with Crippen molar-refractivity contribution in [1.82, 2.24) is 9.29 Å². The van der Waals surface area contributed by atoms with Gasteiger partial charge in [-0.05, 0) is 12.1 Å². The van der Waals surface area contributed by atoms with Crippen LogP contribution in [0.3, 0.4) is 0 Å². The van der Waals surface area contributed by atoms with E-state index in [1.807, 2.05) is 13.8 Å². The molecule has 1 aromatic heterocycles. The van der Waals surface area contributed by atoms with Crippen molar-refractivity contribution in [3.8, 4) is 0 Å². The number of aromatic nitrogens is 1. The maximum absolute atomic E-state index is 12.2. The number of hydrogen-bond acceptors (Lipinski definition) is 4. The van der Waals surface area contributed by atoms with Gasteiger partial charge >= 0.3 is 0 Å². The standard InChI is InChI=1S/C12H20N2O2S2/c1-5-14(6-2)18(15,16)11-7-8-12(13-9-11)17-10(3)4/h7-10H,5-6H2,1-4H3. The van der Waals surface area contributed by atoms with Crippen molar-refractivity contribution < 1.29 is 8.42 Å². The maximum atomic E-state index is 12.2. The van der Waals surface area contributed by atoms with Gasteiger partial charge in [0.15, 0.2) is 0 Å². The van der Waals surface area contributed by atoms with Gasteiger partial charge in [0.05, 0.1) is 5.03 Å². The molecular weight excluding hydrogens is 268 g/mol. The minimum Gasteiger partial charge on any atom is -0.249 e. The second-order valence-corrected chi connectivity index (χ2v) is 7.62. The van der Waals surface area contributed by atoms with Crippen molar-refractivity contribution >= 4 is 21.8 Å². The molecular formula is C12H20N2O2S2. The summed E-state index contributed by atoms with van der Waals surface area (Å²) in [6.07, 6.45) is 1.44. The molecule has 0 amide bonds. The summed E-state index contributed by atoms with van der Waals surface area (Å²) in [4.78, 5) is 4.46. The molecule has 0 N–H and O–H groups in total. The van der Waals surface area contributed by atoms with E-state index in [1.165, 1.54) is 10.5 Å². The first-order valence-corrected chi connectivity index (χ1v) is 8.36. The van der Waals surface area contributed by atoms with Crippen molar-refractivity contribution in [2.75, 3.05) is 13.1 Å². The first-order chi connectivity index (χ1) is 8.41. The van der Waals surface area contributed by atoms with E-state index in [-0.39, 0.29) is 4.90 Å². The smallest absolute Gasteiger partial charge is 0.244 e. The molecule has 0 radical (unpaired) electrons. The Labute approximate surface area is 114 Å². The van der Waals surface area contributed by atoms with E-state index in [4.69, 9.17) is 0 Å². The van der Waals surface area contributed by atoms with E-state index in [1.54, 1.807) is 23.9 Å². The summed E-state index contributed by atoms with van der Waals surface area (Å²) in [7, 11) is -3.38. The summed E-state index contributed by atoms with van der Waals surface area (Å²) in [5.41, 5.74) is 0. The zero-order valence-corrected chi connectivity index (χ0v) is 12.9. The Morgan fingerprint density at radius 3 is 2.28 bits per heavy atom. The molecule has 102 valence electrons. The van der Waals surface area contributed by atoms with Crippen LogP contribution in [-0.4, -0.2) is 36.0 Å². The number of sulfonamides is 1. The first kappa shape index (κ1) is 15.5. The van der Waals surface area contributed by atoms with Crippen LogP contribution >= 0.6 is 11.8 Å². The molecule has 1 heterocycles. The molecule has 1 rings (SSSR count). The largest absolute Gasteiger partial charge is 0.249 e. The molecule has 0 atom stereocenters. The van der Waals surface area contributed by atoms with Crippen LogP contribution in [0.5, 0.6) is 0 Å². The zero-order valence-electron chi connectivity index (χ0n) is 11.3. The minimum atomic E-state index is -3.38. The predicted octanol–water partition coefficient (Wildman–Crippen LogP) is 2.61. The van der Waals surface area contributed by atoms with E-state index in [0.717, 1.165) is 5.03 Å². The molecule has 0 bridgehead atoms. The molecule has 0 aliphatic rings. The van der Waals surface area contributed by atoms with Gasteiger partial charge in [-0.3, -0.25) is 0 Å². The van der Waals surface area contributed by atoms with Crippen molar-refractivity contribution in [2.45, 2.75) is 42.9 Å². The molecule has 0 aliphatic heterocycles. The molecule has 0 saturated heterocycles. The Bertz CT molecular complexity index is 465. The Balaban J connectivity index is 2.97. The van der Waals surface area contributed by atoms with Crippen molar-refractivity contribution in [2.24, 2.45) is 0 Å². The van der Waals surface area contributed by atoms with Crippen LogP contribution in [0.4, 0.5) is 0 Å². The summed E-state index contributed by atoms with van der Waals surface area (Å²) in [5.74, 6) is 0. The highest BCUT2D eigenvalue weighted by Crippen LogP contribution is 2.22. The summed E-state index contributed by atoms with van der Waals surface area (Å²) >= 11 is 1.62. The molecule has 6 heteroatoms. The van der Waals surface area contributed by atoms with Gasteiger partial charge in [-0.15, -0.1) is 11.8 Å². The highest BCUT2D eigenvalue weighted by Gasteiger charge is 2.21. The lowest BCUT2D eigenvalue weighted by molar-refractivity contribution is 0.445. The lowest BCUT2D eigenvalue weighted by atomic mass is 10.5. The fourth-order valence-corrected chi connectivity index (χ4v) is 3.69. The molecule has 0 spiro atoms. The topological polar surface area (TPSA) is 50.3 Å². The van der Waals surface area contributed by atoms with Crippen LogP contribution in [0.1, 0.15) is 27.7 Å². The van der Waals surface area contributed by atoms with Crippen molar-refractivity contribution in [3.05, 3.63) is 18.3 Å². The van der Waals surface area contributed by atoms with Gasteiger partial charge in [0.2, 0.25) is 10.0 Å². The predicted molar refractivity (Wildman–Crippen MR) is 75.3 cm³/mol. The van der Waals surface area contributed by atoms with Crippen LogP contribution in [0.2, 0.25) is 0 Å². The summed E-state index contributed by atoms with van der Waals surface area (Å²) in [5, 5.41) is 1.28. The normalized spacial score (nSPS) is 12.3. The SMILES string of the molecule is CCN(CC)S(=O)(=O)c1ccc(SC(C)C)nc1. The highest BCUT2D eigenvalue weighted by molar-refractivity contribution is 7.99. The van der Waals surface area contributed by atoms with E-state index < -0.39 is 10.0 Å². The second kappa shape index (κ2) is 6.54. The van der Waals surface area contributed by atoms with E-state index in [0.29, 0.717) is 18.3 Å². The average molecular weight is 288 g/mol. The van der Waals surface area contributed by atoms with Gasteiger partial charge in [0.1, 0.15) is 4.90 Å². The van der Waals surface area contributed by atoms with Crippen LogP contribution in [0, 0.1) is 0 Å². The van der Waals surface area contributed by atoms with Gasteiger partial charge in [-0.1, -0.05) is 27.7 Å². The molecule has 0 unspecified atom stereocenters. The van der Waals surface area contributed by atoms with Crippen LogP contribution in [-0.2, 0) is 10.0 Å². The van der Waals surface area contributed by atoms with E-state index in [2.05, 4.69) is 18.8 Å². The average Bonchev–Trinajstić information content (AvgIpc) is 2.30. The van der Waals surface area contributed by atoms with E-state index >= 15 is 0 Å². The molecule has 0 aromatic carbocycles. The molecule has 0 aliphatic carbocycles.